The monoisotopic (exact) mass is 297 g/mol. The van der Waals surface area contributed by atoms with Crippen LogP contribution in [0.25, 0.3) is 0 Å². The van der Waals surface area contributed by atoms with Gasteiger partial charge in [0.1, 0.15) is 0 Å². The first kappa shape index (κ1) is 15.4. The molecule has 1 aromatic carbocycles. The van der Waals surface area contributed by atoms with Gasteiger partial charge in [0, 0.05) is 39.3 Å². The van der Waals surface area contributed by atoms with Crippen molar-refractivity contribution in [1.82, 2.24) is 14.5 Å². The van der Waals surface area contributed by atoms with Gasteiger partial charge in [-0.05, 0) is 31.7 Å². The second-order valence-electron chi connectivity index (χ2n) is 5.51. The van der Waals surface area contributed by atoms with Crippen LogP contribution in [0.1, 0.15) is 18.5 Å². The van der Waals surface area contributed by atoms with Crippen LogP contribution in [0.5, 0.6) is 0 Å². The Morgan fingerprint density at radius 3 is 2.10 bits per heavy atom. The van der Waals surface area contributed by atoms with Gasteiger partial charge in [0.2, 0.25) is 10.0 Å². The summed E-state index contributed by atoms with van der Waals surface area (Å²) < 4.78 is 25.3. The second kappa shape index (κ2) is 5.81. The van der Waals surface area contributed by atoms with Crippen molar-refractivity contribution in [3.63, 3.8) is 0 Å². The van der Waals surface area contributed by atoms with E-state index in [1.807, 2.05) is 12.1 Å². The molecule has 2 rings (SSSR count). The number of nitrogens with one attached hydrogen (secondary N) is 1. The fraction of sp³-hybridized carbons (Fsp3) is 0.571. The number of hydrogen-bond donors (Lipinski definition) is 1. The van der Waals surface area contributed by atoms with Gasteiger partial charge in [-0.3, -0.25) is 4.90 Å². The largest absolute Gasteiger partial charge is 0.314 e. The van der Waals surface area contributed by atoms with Gasteiger partial charge in [0.25, 0.3) is 0 Å². The summed E-state index contributed by atoms with van der Waals surface area (Å²) in [6.45, 7) is 4.19. The predicted molar refractivity (Wildman–Crippen MR) is 80.2 cm³/mol. The highest BCUT2D eigenvalue weighted by atomic mass is 32.2. The van der Waals surface area contributed by atoms with Gasteiger partial charge in [0.15, 0.2) is 0 Å². The zero-order valence-electron chi connectivity index (χ0n) is 12.5. The van der Waals surface area contributed by atoms with Crippen molar-refractivity contribution in [1.29, 1.82) is 0 Å². The summed E-state index contributed by atoms with van der Waals surface area (Å²) in [6.07, 6.45) is 0. The molecule has 1 N–H and O–H groups in total. The van der Waals surface area contributed by atoms with Gasteiger partial charge in [-0.25, -0.2) is 12.7 Å². The second-order valence-corrected chi connectivity index (χ2v) is 7.66. The zero-order valence-corrected chi connectivity index (χ0v) is 13.3. The lowest BCUT2D eigenvalue weighted by Gasteiger charge is -2.39. The van der Waals surface area contributed by atoms with Gasteiger partial charge in [-0.15, -0.1) is 0 Å². The summed E-state index contributed by atoms with van der Waals surface area (Å²) in [7, 11) is 1.86. The molecule has 0 aliphatic carbocycles. The standard InChI is InChI=1S/C14H23N3O2S/c1-11(17(4)13-9-15-10-13)12-5-7-14(8-6-12)20(18,19)16(2)3/h5-8,11,13,15H,9-10H2,1-4H3. The summed E-state index contributed by atoms with van der Waals surface area (Å²) >= 11 is 0. The molecule has 1 fully saturated rings. The smallest absolute Gasteiger partial charge is 0.242 e. The van der Waals surface area contributed by atoms with Crippen molar-refractivity contribution in [3.8, 4) is 0 Å². The third kappa shape index (κ3) is 2.88. The van der Waals surface area contributed by atoms with E-state index in [1.54, 1.807) is 26.2 Å². The number of sulfonamides is 1. The summed E-state index contributed by atoms with van der Waals surface area (Å²) in [5.41, 5.74) is 1.14. The van der Waals surface area contributed by atoms with Crippen molar-refractivity contribution in [2.24, 2.45) is 0 Å². The van der Waals surface area contributed by atoms with E-state index >= 15 is 0 Å². The van der Waals surface area contributed by atoms with Gasteiger partial charge >= 0.3 is 0 Å². The Labute approximate surface area is 121 Å². The lowest BCUT2D eigenvalue weighted by molar-refractivity contribution is 0.136. The Morgan fingerprint density at radius 2 is 1.70 bits per heavy atom. The summed E-state index contributed by atoms with van der Waals surface area (Å²) in [5, 5.41) is 3.26. The molecule has 1 heterocycles. The van der Waals surface area contributed by atoms with Crippen LogP contribution in [0, 0.1) is 0 Å². The predicted octanol–water partition coefficient (Wildman–Crippen LogP) is 0.901. The number of hydrogen-bond acceptors (Lipinski definition) is 4. The van der Waals surface area contributed by atoms with Gasteiger partial charge < -0.3 is 5.32 Å². The quantitative estimate of drug-likeness (QED) is 0.877. The van der Waals surface area contributed by atoms with Gasteiger partial charge in [0.05, 0.1) is 4.90 Å². The Balaban J connectivity index is 2.15. The first-order valence-electron chi connectivity index (χ1n) is 6.79. The van der Waals surface area contributed by atoms with Crippen LogP contribution in [-0.2, 0) is 10.0 Å². The van der Waals surface area contributed by atoms with Crippen LogP contribution >= 0.6 is 0 Å². The first-order valence-corrected chi connectivity index (χ1v) is 8.23. The molecule has 1 atom stereocenters. The Kier molecular flexibility index (Phi) is 4.49. The maximum atomic E-state index is 12.0. The molecule has 0 aromatic heterocycles. The van der Waals surface area contributed by atoms with Crippen molar-refractivity contribution in [2.45, 2.75) is 23.9 Å². The van der Waals surface area contributed by atoms with E-state index in [2.05, 4.69) is 24.2 Å². The van der Waals surface area contributed by atoms with E-state index in [0.717, 1.165) is 18.7 Å². The lowest BCUT2D eigenvalue weighted by Crippen LogP contribution is -2.56. The van der Waals surface area contributed by atoms with Crippen LogP contribution in [0.15, 0.2) is 29.2 Å². The molecule has 20 heavy (non-hydrogen) atoms. The number of likely N-dealkylation sites (N-methyl/N-ethyl adjacent to an activating group) is 1. The average Bonchev–Trinajstić information content (AvgIpc) is 2.35. The maximum Gasteiger partial charge on any atom is 0.242 e. The van der Waals surface area contributed by atoms with Crippen molar-refractivity contribution >= 4 is 10.0 Å². The molecular formula is C14H23N3O2S. The Bertz CT molecular complexity index is 550. The normalized spacial score (nSPS) is 18.3. The Morgan fingerprint density at radius 1 is 1.15 bits per heavy atom. The SMILES string of the molecule is CC(c1ccc(S(=O)(=O)N(C)C)cc1)N(C)C1CNC1. The average molecular weight is 297 g/mol. The van der Waals surface area contributed by atoms with E-state index in [1.165, 1.54) is 4.31 Å². The highest BCUT2D eigenvalue weighted by Gasteiger charge is 2.26. The molecule has 5 nitrogen and oxygen atoms in total. The summed E-state index contributed by atoms with van der Waals surface area (Å²) in [4.78, 5) is 2.66. The molecule has 0 amide bonds. The van der Waals surface area contributed by atoms with E-state index in [0.29, 0.717) is 10.9 Å². The van der Waals surface area contributed by atoms with Crippen LogP contribution in [0.4, 0.5) is 0 Å². The molecule has 0 saturated carbocycles. The molecule has 0 bridgehead atoms. The van der Waals surface area contributed by atoms with E-state index in [9.17, 15) is 8.42 Å². The van der Waals surface area contributed by atoms with Crippen LogP contribution in [-0.4, -0.2) is 57.9 Å². The third-order valence-electron chi connectivity index (χ3n) is 4.09. The first-order chi connectivity index (χ1) is 9.34. The van der Waals surface area contributed by atoms with Gasteiger partial charge in [-0.1, -0.05) is 12.1 Å². The molecule has 1 aliphatic heterocycles. The highest BCUT2D eigenvalue weighted by molar-refractivity contribution is 7.89. The maximum absolute atomic E-state index is 12.0. The molecule has 1 unspecified atom stereocenters. The van der Waals surface area contributed by atoms with Crippen LogP contribution in [0.2, 0.25) is 0 Å². The van der Waals surface area contributed by atoms with E-state index in [4.69, 9.17) is 0 Å². The molecule has 6 heteroatoms. The molecule has 112 valence electrons. The third-order valence-corrected chi connectivity index (χ3v) is 5.92. The molecule has 0 radical (unpaired) electrons. The molecule has 0 spiro atoms. The van der Waals surface area contributed by atoms with E-state index in [-0.39, 0.29) is 6.04 Å². The molecule has 1 saturated heterocycles. The molecule has 1 aliphatic rings. The van der Waals surface area contributed by atoms with E-state index < -0.39 is 10.0 Å². The minimum absolute atomic E-state index is 0.276. The number of nitrogens with zero attached hydrogens (tertiary/aromatic N) is 2. The molecular weight excluding hydrogens is 274 g/mol. The zero-order chi connectivity index (χ0) is 14.9. The minimum Gasteiger partial charge on any atom is -0.314 e. The highest BCUT2D eigenvalue weighted by Crippen LogP contribution is 2.24. The van der Waals surface area contributed by atoms with Crippen LogP contribution < -0.4 is 5.32 Å². The summed E-state index contributed by atoms with van der Waals surface area (Å²) in [5.74, 6) is 0. The van der Waals surface area contributed by atoms with Crippen molar-refractivity contribution in [3.05, 3.63) is 29.8 Å². The lowest BCUT2D eigenvalue weighted by atomic mass is 10.0. The topological polar surface area (TPSA) is 52.7 Å². The fourth-order valence-corrected chi connectivity index (χ4v) is 3.14. The molecule has 1 aromatic rings. The van der Waals surface area contributed by atoms with Crippen molar-refractivity contribution < 1.29 is 8.42 Å². The van der Waals surface area contributed by atoms with Crippen LogP contribution in [0.3, 0.4) is 0 Å². The van der Waals surface area contributed by atoms with Crippen molar-refractivity contribution in [2.75, 3.05) is 34.2 Å². The van der Waals surface area contributed by atoms with Gasteiger partial charge in [-0.2, -0.15) is 0 Å². The minimum atomic E-state index is -3.34. The number of benzene rings is 1. The Hall–Kier alpha value is -0.950. The fourth-order valence-electron chi connectivity index (χ4n) is 2.24. The summed E-state index contributed by atoms with van der Waals surface area (Å²) in [6, 6.07) is 8.03. The number of rotatable bonds is 5.